The molecule has 3 rings (SSSR count). The first-order valence-electron chi connectivity index (χ1n) is 7.44. The second kappa shape index (κ2) is 6.52. The minimum Gasteiger partial charge on any atom is -0.343 e. The van der Waals surface area contributed by atoms with Crippen LogP contribution < -0.4 is 0 Å². The van der Waals surface area contributed by atoms with Gasteiger partial charge in [-0.1, -0.05) is 48.3 Å². The second-order valence-corrected chi connectivity index (χ2v) is 5.40. The van der Waals surface area contributed by atoms with Crippen LogP contribution in [0.1, 0.15) is 43.1 Å². The fraction of sp³-hybridized carbons (Fsp3) is 0.438. The van der Waals surface area contributed by atoms with Gasteiger partial charge >= 0.3 is 0 Å². The highest BCUT2D eigenvalue weighted by Gasteiger charge is 2.29. The summed E-state index contributed by atoms with van der Waals surface area (Å²) in [6.07, 6.45) is 5.93. The molecule has 1 aromatic carbocycles. The van der Waals surface area contributed by atoms with Gasteiger partial charge in [-0.15, -0.1) is 0 Å². The summed E-state index contributed by atoms with van der Waals surface area (Å²) in [6, 6.07) is 9.80. The predicted octanol–water partition coefficient (Wildman–Crippen LogP) is 2.76. The number of aromatic nitrogens is 2. The van der Waals surface area contributed by atoms with Crippen molar-refractivity contribution in [2.45, 2.75) is 38.1 Å². The summed E-state index contributed by atoms with van der Waals surface area (Å²) < 4.78 is 4.86. The molecular weight excluding hydrogens is 266 g/mol. The van der Waals surface area contributed by atoms with E-state index in [2.05, 4.69) is 10.1 Å². The molecule has 5 nitrogen and oxygen atoms in total. The first kappa shape index (κ1) is 13.8. The molecule has 1 aliphatic rings. The lowest BCUT2D eigenvalue weighted by molar-refractivity contribution is -0.133. The van der Waals surface area contributed by atoms with Crippen LogP contribution >= 0.6 is 0 Å². The van der Waals surface area contributed by atoms with Gasteiger partial charge in [0.2, 0.25) is 12.3 Å². The van der Waals surface area contributed by atoms with Crippen LogP contribution in [0.5, 0.6) is 0 Å². The van der Waals surface area contributed by atoms with Gasteiger partial charge in [-0.25, -0.2) is 0 Å². The van der Waals surface area contributed by atoms with Crippen molar-refractivity contribution in [3.63, 3.8) is 0 Å². The Morgan fingerprint density at radius 1 is 1.24 bits per heavy atom. The smallest absolute Gasteiger partial charge is 0.227 e. The van der Waals surface area contributed by atoms with Gasteiger partial charge in [-0.05, 0) is 18.4 Å². The molecule has 0 N–H and O–H groups in total. The first-order valence-corrected chi connectivity index (χ1v) is 7.44. The fourth-order valence-electron chi connectivity index (χ4n) is 2.87. The maximum Gasteiger partial charge on any atom is 0.227 e. The average molecular weight is 285 g/mol. The molecule has 0 aliphatic carbocycles. The third-order valence-corrected chi connectivity index (χ3v) is 3.95. The van der Waals surface area contributed by atoms with E-state index in [1.54, 1.807) is 0 Å². The van der Waals surface area contributed by atoms with E-state index in [-0.39, 0.29) is 11.9 Å². The topological polar surface area (TPSA) is 59.2 Å². The van der Waals surface area contributed by atoms with Crippen LogP contribution in [0.2, 0.25) is 0 Å². The molecule has 1 saturated heterocycles. The Balaban J connectivity index is 1.77. The molecule has 1 aromatic heterocycles. The van der Waals surface area contributed by atoms with E-state index in [0.29, 0.717) is 12.2 Å². The molecule has 2 aromatic rings. The average Bonchev–Trinajstić information content (AvgIpc) is 2.92. The lowest BCUT2D eigenvalue weighted by atomic mass is 10.1. The third kappa shape index (κ3) is 3.29. The Morgan fingerprint density at radius 3 is 2.86 bits per heavy atom. The molecule has 110 valence electrons. The Morgan fingerprint density at radius 2 is 2.10 bits per heavy atom. The largest absolute Gasteiger partial charge is 0.343 e. The van der Waals surface area contributed by atoms with Crippen molar-refractivity contribution in [3.05, 3.63) is 48.1 Å². The van der Waals surface area contributed by atoms with Crippen LogP contribution in [0.3, 0.4) is 0 Å². The number of likely N-dealkylation sites (tertiary alicyclic amines) is 1. The molecule has 0 spiro atoms. The SMILES string of the molecule is O=C(Cc1ccccc1)N1CCCCCC1c1ncon1. The summed E-state index contributed by atoms with van der Waals surface area (Å²) in [5, 5.41) is 3.94. The summed E-state index contributed by atoms with van der Waals surface area (Å²) in [5.41, 5.74) is 1.04. The highest BCUT2D eigenvalue weighted by Crippen LogP contribution is 2.28. The number of hydrogen-bond acceptors (Lipinski definition) is 4. The zero-order chi connectivity index (χ0) is 14.5. The fourth-order valence-corrected chi connectivity index (χ4v) is 2.87. The van der Waals surface area contributed by atoms with E-state index >= 15 is 0 Å². The van der Waals surface area contributed by atoms with Gasteiger partial charge in [0.1, 0.15) is 0 Å². The van der Waals surface area contributed by atoms with Gasteiger partial charge in [0.15, 0.2) is 5.82 Å². The van der Waals surface area contributed by atoms with Gasteiger partial charge in [0.25, 0.3) is 0 Å². The first-order chi connectivity index (χ1) is 10.3. The molecule has 1 aliphatic heterocycles. The number of carbonyl (C=O) groups is 1. The quantitative estimate of drug-likeness (QED) is 0.870. The Hall–Kier alpha value is -2.17. The zero-order valence-corrected chi connectivity index (χ0v) is 11.9. The van der Waals surface area contributed by atoms with Crippen LogP contribution in [0, 0.1) is 0 Å². The van der Waals surface area contributed by atoms with Gasteiger partial charge in [-0.3, -0.25) is 4.79 Å². The summed E-state index contributed by atoms with van der Waals surface area (Å²) in [7, 11) is 0. The van der Waals surface area contributed by atoms with E-state index in [1.165, 1.54) is 6.39 Å². The van der Waals surface area contributed by atoms with Gasteiger partial charge in [0.05, 0.1) is 12.5 Å². The standard InChI is InChI=1S/C16H19N3O2/c20-15(11-13-7-3-1-4-8-13)19-10-6-2-5-9-14(19)16-17-12-21-18-16/h1,3-4,7-8,12,14H,2,5-6,9-11H2. The molecule has 1 unspecified atom stereocenters. The molecule has 0 bridgehead atoms. The zero-order valence-electron chi connectivity index (χ0n) is 11.9. The van der Waals surface area contributed by atoms with Crippen molar-refractivity contribution in [3.8, 4) is 0 Å². The van der Waals surface area contributed by atoms with Crippen LogP contribution in [0.25, 0.3) is 0 Å². The third-order valence-electron chi connectivity index (χ3n) is 3.95. The van der Waals surface area contributed by atoms with Crippen molar-refractivity contribution in [2.75, 3.05) is 6.54 Å². The summed E-state index contributed by atoms with van der Waals surface area (Å²) in [4.78, 5) is 18.7. The summed E-state index contributed by atoms with van der Waals surface area (Å²) >= 11 is 0. The van der Waals surface area contributed by atoms with Crippen LogP contribution in [-0.4, -0.2) is 27.5 Å². The van der Waals surface area contributed by atoms with Gasteiger partial charge in [-0.2, -0.15) is 4.98 Å². The molecular formula is C16H19N3O2. The van der Waals surface area contributed by atoms with E-state index in [0.717, 1.165) is 37.8 Å². The Labute approximate surface area is 124 Å². The highest BCUT2D eigenvalue weighted by molar-refractivity contribution is 5.79. The molecule has 2 heterocycles. The monoisotopic (exact) mass is 285 g/mol. The normalized spacial score (nSPS) is 19.2. The van der Waals surface area contributed by atoms with E-state index in [9.17, 15) is 4.79 Å². The van der Waals surface area contributed by atoms with Crippen molar-refractivity contribution >= 4 is 5.91 Å². The lowest BCUT2D eigenvalue weighted by Gasteiger charge is -2.28. The summed E-state index contributed by atoms with van der Waals surface area (Å²) in [6.45, 7) is 0.769. The van der Waals surface area contributed by atoms with E-state index < -0.39 is 0 Å². The lowest BCUT2D eigenvalue weighted by Crippen LogP contribution is -2.36. The second-order valence-electron chi connectivity index (χ2n) is 5.40. The molecule has 5 heteroatoms. The van der Waals surface area contributed by atoms with E-state index in [4.69, 9.17) is 4.52 Å². The summed E-state index contributed by atoms with van der Waals surface area (Å²) in [5.74, 6) is 0.760. The number of benzene rings is 1. The van der Waals surface area contributed by atoms with Crippen molar-refractivity contribution in [2.24, 2.45) is 0 Å². The van der Waals surface area contributed by atoms with E-state index in [1.807, 2.05) is 35.2 Å². The molecule has 0 radical (unpaired) electrons. The predicted molar refractivity (Wildman–Crippen MR) is 77.4 cm³/mol. The number of carbonyl (C=O) groups excluding carboxylic acids is 1. The Kier molecular flexibility index (Phi) is 4.28. The Bertz CT molecular complexity index is 568. The molecule has 21 heavy (non-hydrogen) atoms. The van der Waals surface area contributed by atoms with Gasteiger partial charge in [0, 0.05) is 6.54 Å². The molecule has 1 amide bonds. The van der Waals surface area contributed by atoms with Crippen LogP contribution in [0.15, 0.2) is 41.2 Å². The highest BCUT2D eigenvalue weighted by atomic mass is 16.5. The van der Waals surface area contributed by atoms with Crippen LogP contribution in [0.4, 0.5) is 0 Å². The van der Waals surface area contributed by atoms with Crippen molar-refractivity contribution in [1.82, 2.24) is 15.0 Å². The van der Waals surface area contributed by atoms with Crippen LogP contribution in [-0.2, 0) is 11.2 Å². The number of nitrogens with zero attached hydrogens (tertiary/aromatic N) is 3. The number of hydrogen-bond donors (Lipinski definition) is 0. The number of rotatable bonds is 3. The molecule has 0 saturated carbocycles. The maximum absolute atomic E-state index is 12.7. The maximum atomic E-state index is 12.7. The molecule has 1 atom stereocenters. The minimum absolute atomic E-state index is 0.0533. The van der Waals surface area contributed by atoms with Crippen molar-refractivity contribution < 1.29 is 9.32 Å². The number of amides is 1. The van der Waals surface area contributed by atoms with Crippen molar-refractivity contribution in [1.29, 1.82) is 0 Å². The van der Waals surface area contributed by atoms with Gasteiger partial charge < -0.3 is 9.42 Å². The minimum atomic E-state index is -0.0533. The molecule has 1 fully saturated rings.